The highest BCUT2D eigenvalue weighted by molar-refractivity contribution is 9.10. The Labute approximate surface area is 110 Å². The van der Waals surface area contributed by atoms with E-state index in [1.54, 1.807) is 18.2 Å². The predicted molar refractivity (Wildman–Crippen MR) is 61.4 cm³/mol. The first-order valence-electron chi connectivity index (χ1n) is 4.93. The summed E-state index contributed by atoms with van der Waals surface area (Å²) in [4.78, 5) is 11.0. The lowest BCUT2D eigenvalue weighted by Crippen LogP contribution is -2.23. The van der Waals surface area contributed by atoms with Crippen LogP contribution in [0.15, 0.2) is 28.7 Å². The minimum atomic E-state index is -4.46. The largest absolute Gasteiger partial charge is 0.481 e. The molecule has 1 N–H and O–H groups in total. The van der Waals surface area contributed by atoms with E-state index in [-0.39, 0.29) is 0 Å². The van der Waals surface area contributed by atoms with Crippen LogP contribution in [0.5, 0.6) is 0 Å². The van der Waals surface area contributed by atoms with Crippen molar-refractivity contribution in [3.05, 3.63) is 34.3 Å². The minimum Gasteiger partial charge on any atom is -0.481 e. The molecule has 1 atom stereocenters. The zero-order chi connectivity index (χ0) is 13.8. The quantitative estimate of drug-likeness (QED) is 0.903. The van der Waals surface area contributed by atoms with Gasteiger partial charge in [-0.3, -0.25) is 4.79 Å². The number of alkyl halides is 3. The number of carbonyl (C=O) groups is 1. The maximum Gasteiger partial charge on any atom is 0.411 e. The minimum absolute atomic E-state index is 0.382. The van der Waals surface area contributed by atoms with Crippen LogP contribution in [0.1, 0.15) is 11.5 Å². The van der Waals surface area contributed by atoms with Crippen LogP contribution in [0.25, 0.3) is 0 Å². The predicted octanol–water partition coefficient (Wildman–Crippen LogP) is 3.20. The first-order valence-corrected chi connectivity index (χ1v) is 5.72. The highest BCUT2D eigenvalue weighted by Crippen LogP contribution is 2.26. The van der Waals surface area contributed by atoms with Crippen molar-refractivity contribution >= 4 is 21.9 Å². The molecule has 0 radical (unpaired) electrons. The fourth-order valence-corrected chi connectivity index (χ4v) is 1.91. The Bertz CT molecular complexity index is 420. The third-order valence-electron chi connectivity index (χ3n) is 2.13. The Morgan fingerprint density at radius 2 is 2.00 bits per heavy atom. The Kier molecular flexibility index (Phi) is 5.15. The molecular formula is C11H10BrF3O3. The number of benzene rings is 1. The number of hydrogen-bond donors (Lipinski definition) is 1. The molecular weight excluding hydrogens is 317 g/mol. The van der Waals surface area contributed by atoms with E-state index in [1.807, 2.05) is 0 Å². The van der Waals surface area contributed by atoms with E-state index in [9.17, 15) is 18.0 Å². The standard InChI is InChI=1S/C11H10BrF3O3/c12-9-4-2-1-3-7(9)8(10(16)17)5-18-6-11(13,14)15/h1-4,8H,5-6H2,(H,16,17). The van der Waals surface area contributed by atoms with Crippen LogP contribution >= 0.6 is 15.9 Å². The molecule has 0 aliphatic heterocycles. The molecule has 0 saturated heterocycles. The number of aliphatic carboxylic acids is 1. The zero-order valence-electron chi connectivity index (χ0n) is 9.08. The number of halogens is 4. The van der Waals surface area contributed by atoms with Crippen molar-refractivity contribution in [2.24, 2.45) is 0 Å². The lowest BCUT2D eigenvalue weighted by molar-refractivity contribution is -0.177. The van der Waals surface area contributed by atoms with Gasteiger partial charge in [0.05, 0.1) is 6.61 Å². The molecule has 7 heteroatoms. The maximum atomic E-state index is 11.9. The maximum absolute atomic E-state index is 11.9. The Hall–Kier alpha value is -1.08. The Morgan fingerprint density at radius 1 is 1.39 bits per heavy atom. The van der Waals surface area contributed by atoms with Gasteiger partial charge in [0.15, 0.2) is 0 Å². The SMILES string of the molecule is O=C(O)C(COCC(F)(F)F)c1ccccc1Br. The molecule has 0 aliphatic rings. The van der Waals surface area contributed by atoms with Gasteiger partial charge in [-0.25, -0.2) is 0 Å². The molecule has 1 aromatic carbocycles. The summed E-state index contributed by atoms with van der Waals surface area (Å²) in [5, 5.41) is 9.00. The van der Waals surface area contributed by atoms with Crippen molar-refractivity contribution in [3.63, 3.8) is 0 Å². The van der Waals surface area contributed by atoms with E-state index < -0.39 is 31.3 Å². The first-order chi connectivity index (χ1) is 8.31. The summed E-state index contributed by atoms with van der Waals surface area (Å²) < 4.78 is 40.6. The number of hydrogen-bond acceptors (Lipinski definition) is 2. The molecule has 0 fully saturated rings. The summed E-state index contributed by atoms with van der Waals surface area (Å²) in [6.45, 7) is -1.99. The average Bonchev–Trinajstić information content (AvgIpc) is 2.24. The molecule has 0 aromatic heterocycles. The number of carboxylic acids is 1. The number of ether oxygens (including phenoxy) is 1. The summed E-state index contributed by atoms with van der Waals surface area (Å²) in [7, 11) is 0. The Morgan fingerprint density at radius 3 is 2.50 bits per heavy atom. The van der Waals surface area contributed by atoms with Crippen LogP contribution in [0.3, 0.4) is 0 Å². The molecule has 18 heavy (non-hydrogen) atoms. The van der Waals surface area contributed by atoms with E-state index in [2.05, 4.69) is 20.7 Å². The van der Waals surface area contributed by atoms with Crippen molar-refractivity contribution < 1.29 is 27.8 Å². The zero-order valence-corrected chi connectivity index (χ0v) is 10.7. The smallest absolute Gasteiger partial charge is 0.411 e. The van der Waals surface area contributed by atoms with Gasteiger partial charge in [0, 0.05) is 4.47 Å². The number of carboxylic acid groups (broad SMARTS) is 1. The van der Waals surface area contributed by atoms with Gasteiger partial charge in [0.25, 0.3) is 0 Å². The second-order valence-corrected chi connectivity index (χ2v) is 4.40. The van der Waals surface area contributed by atoms with Crippen LogP contribution in [0, 0.1) is 0 Å². The fraction of sp³-hybridized carbons (Fsp3) is 0.364. The first kappa shape index (κ1) is 15.0. The second-order valence-electron chi connectivity index (χ2n) is 3.54. The molecule has 3 nitrogen and oxygen atoms in total. The molecule has 0 amide bonds. The molecule has 1 unspecified atom stereocenters. The van der Waals surface area contributed by atoms with Crippen LogP contribution in [0.4, 0.5) is 13.2 Å². The van der Waals surface area contributed by atoms with Gasteiger partial charge in [-0.15, -0.1) is 0 Å². The molecule has 1 aromatic rings. The molecule has 1 rings (SSSR count). The lowest BCUT2D eigenvalue weighted by Gasteiger charge is -2.15. The topological polar surface area (TPSA) is 46.5 Å². The van der Waals surface area contributed by atoms with Gasteiger partial charge in [0.1, 0.15) is 12.5 Å². The third kappa shape index (κ3) is 4.66. The third-order valence-corrected chi connectivity index (χ3v) is 2.85. The van der Waals surface area contributed by atoms with Gasteiger partial charge in [-0.05, 0) is 11.6 Å². The van der Waals surface area contributed by atoms with E-state index in [0.29, 0.717) is 10.0 Å². The summed E-state index contributed by atoms with van der Waals surface area (Å²) in [6.07, 6.45) is -4.46. The molecule has 0 saturated carbocycles. The summed E-state index contributed by atoms with van der Waals surface area (Å²) in [5.74, 6) is -2.37. The van der Waals surface area contributed by atoms with Gasteiger partial charge < -0.3 is 9.84 Å². The van der Waals surface area contributed by atoms with E-state index in [1.165, 1.54) is 6.07 Å². The van der Waals surface area contributed by atoms with Gasteiger partial charge in [0.2, 0.25) is 0 Å². The van der Waals surface area contributed by atoms with Crippen molar-refractivity contribution in [3.8, 4) is 0 Å². The van der Waals surface area contributed by atoms with E-state index in [0.717, 1.165) is 0 Å². The summed E-state index contributed by atoms with van der Waals surface area (Å²) in [5.41, 5.74) is 0.382. The van der Waals surface area contributed by atoms with Crippen LogP contribution in [-0.2, 0) is 9.53 Å². The van der Waals surface area contributed by atoms with Crippen molar-refractivity contribution in [2.75, 3.05) is 13.2 Å². The lowest BCUT2D eigenvalue weighted by atomic mass is 10.0. The molecule has 0 spiro atoms. The fourth-order valence-electron chi connectivity index (χ4n) is 1.34. The highest BCUT2D eigenvalue weighted by atomic mass is 79.9. The Balaban J connectivity index is 2.73. The van der Waals surface area contributed by atoms with Crippen molar-refractivity contribution in [2.45, 2.75) is 12.1 Å². The summed E-state index contributed by atoms with van der Waals surface area (Å²) in [6, 6.07) is 6.44. The molecule has 0 aliphatic carbocycles. The van der Waals surface area contributed by atoms with Crippen LogP contribution < -0.4 is 0 Å². The second kappa shape index (κ2) is 6.19. The van der Waals surface area contributed by atoms with Gasteiger partial charge in [-0.1, -0.05) is 34.1 Å². The summed E-state index contributed by atoms with van der Waals surface area (Å²) >= 11 is 3.16. The molecule has 0 bridgehead atoms. The van der Waals surface area contributed by atoms with E-state index in [4.69, 9.17) is 5.11 Å². The molecule has 100 valence electrons. The number of rotatable bonds is 5. The van der Waals surface area contributed by atoms with Gasteiger partial charge in [-0.2, -0.15) is 13.2 Å². The van der Waals surface area contributed by atoms with Gasteiger partial charge >= 0.3 is 12.1 Å². The average molecular weight is 327 g/mol. The normalized spacial score (nSPS) is 13.3. The molecule has 0 heterocycles. The van der Waals surface area contributed by atoms with Crippen LogP contribution in [-0.4, -0.2) is 30.5 Å². The van der Waals surface area contributed by atoms with Crippen molar-refractivity contribution in [1.29, 1.82) is 0 Å². The highest BCUT2D eigenvalue weighted by Gasteiger charge is 2.29. The monoisotopic (exact) mass is 326 g/mol. The van der Waals surface area contributed by atoms with E-state index >= 15 is 0 Å². The van der Waals surface area contributed by atoms with Crippen LogP contribution in [0.2, 0.25) is 0 Å². The van der Waals surface area contributed by atoms with Crippen molar-refractivity contribution in [1.82, 2.24) is 0 Å².